The first kappa shape index (κ1) is 21.4. The predicted molar refractivity (Wildman–Crippen MR) is 133 cm³/mol. The molecule has 3 aliphatic rings. The number of hydrogen-bond acceptors (Lipinski definition) is 4. The predicted octanol–water partition coefficient (Wildman–Crippen LogP) is 4.88. The van der Waals surface area contributed by atoms with Crippen molar-refractivity contribution in [3.8, 4) is 11.1 Å². The molecule has 6 rings (SSSR count). The second-order valence-electron chi connectivity index (χ2n) is 10.5. The molecule has 3 aromatic rings. The van der Waals surface area contributed by atoms with Crippen LogP contribution in [0.3, 0.4) is 0 Å². The van der Waals surface area contributed by atoms with E-state index in [0.717, 1.165) is 78.4 Å². The normalized spacial score (nSPS) is 23.5. The van der Waals surface area contributed by atoms with E-state index in [2.05, 4.69) is 11.4 Å². The molecule has 34 heavy (non-hydrogen) atoms. The van der Waals surface area contributed by atoms with Gasteiger partial charge in [-0.2, -0.15) is 0 Å². The average molecular weight is 458 g/mol. The zero-order chi connectivity index (χ0) is 23.4. The summed E-state index contributed by atoms with van der Waals surface area (Å²) in [7, 11) is 0. The maximum Gasteiger partial charge on any atom is 0.250 e. The molecule has 0 saturated heterocycles. The number of aromatic nitrogens is 1. The molecule has 2 heterocycles. The highest BCUT2D eigenvalue weighted by Crippen LogP contribution is 2.52. The molecule has 0 radical (unpaired) electrons. The van der Waals surface area contributed by atoms with Gasteiger partial charge in [-0.15, -0.1) is 0 Å². The third-order valence-corrected chi connectivity index (χ3v) is 8.34. The molecule has 1 aliphatic heterocycles. The van der Waals surface area contributed by atoms with Gasteiger partial charge in [-0.1, -0.05) is 30.7 Å². The van der Waals surface area contributed by atoms with E-state index in [1.54, 1.807) is 6.07 Å². The Morgan fingerprint density at radius 2 is 1.82 bits per heavy atom. The Morgan fingerprint density at radius 3 is 2.53 bits per heavy atom. The topological polar surface area (TPSA) is 97.4 Å². The van der Waals surface area contributed by atoms with Crippen LogP contribution < -0.4 is 11.1 Å². The molecule has 1 aromatic heterocycles. The minimum atomic E-state index is -0.461. The molecule has 6 nitrogen and oxygen atoms in total. The summed E-state index contributed by atoms with van der Waals surface area (Å²) in [6, 6.07) is 14.1. The van der Waals surface area contributed by atoms with Gasteiger partial charge in [0, 0.05) is 34.8 Å². The standard InChI is InChI=1S/C28H31N3O3/c29-27(34)20-11-6-17(14-22(20)30-18-7-9-19(32)10-8-18)26-21-4-1-2-5-23(21)31-24(26)15-28(12-3-13-28)16-25(31)33/h1-2,4-6,11,14,18-19,30,32H,3,7-10,12-13,15-16H2,(H2,29,34). The van der Waals surface area contributed by atoms with Crippen molar-refractivity contribution in [1.82, 2.24) is 4.57 Å². The summed E-state index contributed by atoms with van der Waals surface area (Å²) < 4.78 is 1.94. The highest BCUT2D eigenvalue weighted by molar-refractivity contribution is 6.06. The largest absolute Gasteiger partial charge is 0.393 e. The number of primary amides is 1. The fourth-order valence-corrected chi connectivity index (χ4v) is 6.39. The zero-order valence-electron chi connectivity index (χ0n) is 19.3. The fourth-order valence-electron chi connectivity index (χ4n) is 6.39. The number of fused-ring (bicyclic) bond motifs is 3. The van der Waals surface area contributed by atoms with Crippen LogP contribution in [0, 0.1) is 5.41 Å². The van der Waals surface area contributed by atoms with Crippen molar-refractivity contribution in [3.05, 3.63) is 53.7 Å². The lowest BCUT2D eigenvalue weighted by Crippen LogP contribution is -2.40. The molecular weight excluding hydrogens is 426 g/mol. The van der Waals surface area contributed by atoms with Gasteiger partial charge in [-0.3, -0.25) is 14.2 Å². The van der Waals surface area contributed by atoms with E-state index < -0.39 is 5.91 Å². The van der Waals surface area contributed by atoms with E-state index in [4.69, 9.17) is 5.73 Å². The van der Waals surface area contributed by atoms with Gasteiger partial charge in [0.25, 0.3) is 5.91 Å². The van der Waals surface area contributed by atoms with Crippen molar-refractivity contribution in [3.63, 3.8) is 0 Å². The lowest BCUT2D eigenvalue weighted by atomic mass is 9.62. The number of aliphatic hydroxyl groups is 1. The Labute approximate surface area is 199 Å². The Bertz CT molecular complexity index is 1300. The molecule has 2 aromatic carbocycles. The highest BCUT2D eigenvalue weighted by Gasteiger charge is 2.45. The van der Waals surface area contributed by atoms with Gasteiger partial charge in [0.1, 0.15) is 0 Å². The maximum absolute atomic E-state index is 13.3. The molecule has 4 N–H and O–H groups in total. The summed E-state index contributed by atoms with van der Waals surface area (Å²) in [5.41, 5.74) is 11.2. The van der Waals surface area contributed by atoms with Gasteiger partial charge in [0.15, 0.2) is 0 Å². The Morgan fingerprint density at radius 1 is 1.06 bits per heavy atom. The van der Waals surface area contributed by atoms with Gasteiger partial charge >= 0.3 is 0 Å². The van der Waals surface area contributed by atoms with Crippen molar-refractivity contribution in [1.29, 1.82) is 0 Å². The fraction of sp³-hybridized carbons (Fsp3) is 0.429. The molecule has 2 saturated carbocycles. The second kappa shape index (κ2) is 7.98. The van der Waals surface area contributed by atoms with Gasteiger partial charge in [0.2, 0.25) is 5.91 Å². The van der Waals surface area contributed by atoms with Gasteiger partial charge in [-0.05, 0) is 74.1 Å². The van der Waals surface area contributed by atoms with E-state index >= 15 is 0 Å². The lowest BCUT2D eigenvalue weighted by Gasteiger charge is -2.44. The number of aliphatic hydroxyl groups excluding tert-OH is 1. The van der Waals surface area contributed by atoms with Crippen LogP contribution in [0.1, 0.15) is 72.2 Å². The quantitative estimate of drug-likeness (QED) is 0.520. The Kier molecular flexibility index (Phi) is 5.03. The second-order valence-corrected chi connectivity index (χ2v) is 10.5. The molecule has 1 spiro atoms. The molecule has 2 aliphatic carbocycles. The molecule has 0 bridgehead atoms. The van der Waals surface area contributed by atoms with Gasteiger partial charge < -0.3 is 16.2 Å². The molecule has 0 unspecified atom stereocenters. The number of nitrogens with one attached hydrogen (secondary N) is 1. The van der Waals surface area contributed by atoms with Crippen LogP contribution in [0.15, 0.2) is 42.5 Å². The third-order valence-electron chi connectivity index (χ3n) is 8.34. The number of anilines is 1. The van der Waals surface area contributed by atoms with E-state index in [-0.39, 0.29) is 23.5 Å². The van der Waals surface area contributed by atoms with Crippen LogP contribution >= 0.6 is 0 Å². The lowest BCUT2D eigenvalue weighted by molar-refractivity contribution is 0.0600. The number of carbonyl (C=O) groups excluding carboxylic acids is 2. The van der Waals surface area contributed by atoms with E-state index in [1.165, 1.54) is 6.42 Å². The third kappa shape index (κ3) is 3.43. The minimum Gasteiger partial charge on any atom is -0.393 e. The summed E-state index contributed by atoms with van der Waals surface area (Å²) in [4.78, 5) is 25.5. The summed E-state index contributed by atoms with van der Waals surface area (Å²) in [5, 5.41) is 14.5. The first-order chi connectivity index (χ1) is 16.4. The van der Waals surface area contributed by atoms with Crippen molar-refractivity contribution >= 4 is 28.4 Å². The van der Waals surface area contributed by atoms with Gasteiger partial charge in [-0.25, -0.2) is 0 Å². The summed E-state index contributed by atoms with van der Waals surface area (Å²) in [6.45, 7) is 0. The summed E-state index contributed by atoms with van der Waals surface area (Å²) in [6.07, 6.45) is 7.92. The number of nitrogens with two attached hydrogens (primary N) is 1. The number of amides is 1. The molecule has 176 valence electrons. The molecule has 2 fully saturated rings. The van der Waals surface area contributed by atoms with Crippen LogP contribution in [0.5, 0.6) is 0 Å². The summed E-state index contributed by atoms with van der Waals surface area (Å²) in [5.74, 6) is -0.270. The van der Waals surface area contributed by atoms with Crippen molar-refractivity contribution in [2.45, 2.75) is 69.9 Å². The van der Waals surface area contributed by atoms with Crippen LogP contribution in [-0.4, -0.2) is 33.6 Å². The van der Waals surface area contributed by atoms with E-state index in [0.29, 0.717) is 12.0 Å². The van der Waals surface area contributed by atoms with Crippen LogP contribution in [0.4, 0.5) is 5.69 Å². The Hall–Kier alpha value is -3.12. The number of hydrogen-bond donors (Lipinski definition) is 3. The smallest absolute Gasteiger partial charge is 0.250 e. The molecular formula is C28H31N3O3. The molecule has 6 heteroatoms. The molecule has 1 amide bonds. The number of para-hydroxylation sites is 1. The molecule has 0 atom stereocenters. The van der Waals surface area contributed by atoms with Crippen LogP contribution in [0.2, 0.25) is 0 Å². The average Bonchev–Trinajstić information content (AvgIpc) is 3.14. The monoisotopic (exact) mass is 457 g/mol. The van der Waals surface area contributed by atoms with Crippen molar-refractivity contribution in [2.24, 2.45) is 11.1 Å². The van der Waals surface area contributed by atoms with Crippen molar-refractivity contribution in [2.75, 3.05) is 5.32 Å². The van der Waals surface area contributed by atoms with Crippen molar-refractivity contribution < 1.29 is 14.7 Å². The maximum atomic E-state index is 13.3. The minimum absolute atomic E-state index is 0.105. The first-order valence-electron chi connectivity index (χ1n) is 12.5. The van der Waals surface area contributed by atoms with Gasteiger partial charge in [0.05, 0.1) is 17.2 Å². The SMILES string of the molecule is NC(=O)c1ccc(-c2c3n(c4ccccc24)C(=O)CC2(CCC2)C3)cc1NC1CCC(O)CC1. The van der Waals surface area contributed by atoms with E-state index in [9.17, 15) is 14.7 Å². The number of benzene rings is 2. The number of rotatable bonds is 4. The zero-order valence-corrected chi connectivity index (χ0v) is 19.3. The Balaban J connectivity index is 1.48. The number of carbonyl (C=O) groups is 2. The van der Waals surface area contributed by atoms with Crippen LogP contribution in [-0.2, 0) is 6.42 Å². The summed E-state index contributed by atoms with van der Waals surface area (Å²) >= 11 is 0. The first-order valence-corrected chi connectivity index (χ1v) is 12.5. The highest BCUT2D eigenvalue weighted by atomic mass is 16.3. The number of nitrogens with zero attached hydrogens (tertiary/aromatic N) is 1. The van der Waals surface area contributed by atoms with E-state index in [1.807, 2.05) is 34.9 Å². The van der Waals surface area contributed by atoms with Crippen LogP contribution in [0.25, 0.3) is 22.0 Å².